The number of H-pyrrole nitrogens is 1. The van der Waals surface area contributed by atoms with Crippen LogP contribution in [0.2, 0.25) is 0 Å². The summed E-state index contributed by atoms with van der Waals surface area (Å²) >= 11 is 0. The van der Waals surface area contributed by atoms with Crippen molar-refractivity contribution in [1.29, 1.82) is 0 Å². The Morgan fingerprint density at radius 2 is 1.97 bits per heavy atom. The molecular weight excluding hydrogens is 376 g/mol. The number of rotatable bonds is 5. The van der Waals surface area contributed by atoms with E-state index >= 15 is 0 Å². The van der Waals surface area contributed by atoms with Crippen molar-refractivity contribution in [2.45, 2.75) is 12.6 Å². The van der Waals surface area contributed by atoms with Crippen LogP contribution in [-0.2, 0) is 11.3 Å². The highest BCUT2D eigenvalue weighted by molar-refractivity contribution is 5.94. The highest BCUT2D eigenvalue weighted by Crippen LogP contribution is 2.33. The van der Waals surface area contributed by atoms with Crippen molar-refractivity contribution < 1.29 is 4.74 Å². The fraction of sp³-hybridized carbons (Fsp3) is 0.261. The van der Waals surface area contributed by atoms with Crippen LogP contribution in [-0.4, -0.2) is 51.1 Å². The third kappa shape index (κ3) is 3.47. The van der Waals surface area contributed by atoms with E-state index in [1.165, 1.54) is 0 Å². The van der Waals surface area contributed by atoms with Crippen molar-refractivity contribution in [3.8, 4) is 11.3 Å². The number of aromatic nitrogens is 4. The Morgan fingerprint density at radius 1 is 1.07 bits per heavy atom. The van der Waals surface area contributed by atoms with Gasteiger partial charge in [0.05, 0.1) is 36.3 Å². The lowest BCUT2D eigenvalue weighted by Crippen LogP contribution is -2.40. The highest BCUT2D eigenvalue weighted by Gasteiger charge is 2.27. The molecule has 1 unspecified atom stereocenters. The average Bonchev–Trinajstić information content (AvgIpc) is 3.30. The van der Waals surface area contributed by atoms with Gasteiger partial charge in [-0.05, 0) is 29.8 Å². The molecule has 5 rings (SSSR count). The molecule has 1 fully saturated rings. The number of hydrogen-bond donors (Lipinski definition) is 2. The Kier molecular flexibility index (Phi) is 5.23. The molecule has 3 N–H and O–H groups in total. The standard InChI is InChI=1S/C23H24N6O/c24-14-16-4-5-21(28-22(16)18-2-1-3-19-17(18)6-9-26-19)23(20-7-8-25-15-27-20)29-10-12-30-13-11-29/h1-9,15,23,26H,10-14,24H2. The SMILES string of the molecule is NCc1ccc(C(c2ccncn2)N2CCOCC2)nc1-c1cccc2[nH]ccc12. The van der Waals surface area contributed by atoms with E-state index in [0.717, 1.165) is 52.2 Å². The normalized spacial score (nSPS) is 16.0. The van der Waals surface area contributed by atoms with Crippen LogP contribution in [0.25, 0.3) is 22.2 Å². The first-order valence-electron chi connectivity index (χ1n) is 10.2. The Labute approximate surface area is 174 Å². The fourth-order valence-corrected chi connectivity index (χ4v) is 4.17. The van der Waals surface area contributed by atoms with E-state index in [0.29, 0.717) is 19.8 Å². The van der Waals surface area contributed by atoms with Crippen LogP contribution in [0.4, 0.5) is 0 Å². The second-order valence-corrected chi connectivity index (χ2v) is 7.38. The first-order chi connectivity index (χ1) is 14.8. The summed E-state index contributed by atoms with van der Waals surface area (Å²) in [5.41, 5.74) is 12.1. The van der Waals surface area contributed by atoms with Crippen LogP contribution in [0.1, 0.15) is 23.0 Å². The molecule has 1 aliphatic heterocycles. The largest absolute Gasteiger partial charge is 0.379 e. The second kappa shape index (κ2) is 8.31. The van der Waals surface area contributed by atoms with Gasteiger partial charge in [0.2, 0.25) is 0 Å². The number of nitrogens with one attached hydrogen (secondary N) is 1. The Hall–Kier alpha value is -3.13. The molecule has 7 heteroatoms. The molecule has 0 bridgehead atoms. The summed E-state index contributed by atoms with van der Waals surface area (Å²) in [6.07, 6.45) is 5.33. The van der Waals surface area contributed by atoms with Crippen molar-refractivity contribution in [3.05, 3.63) is 78.1 Å². The van der Waals surface area contributed by atoms with Gasteiger partial charge in [-0.1, -0.05) is 18.2 Å². The number of hydrogen-bond acceptors (Lipinski definition) is 6. The minimum Gasteiger partial charge on any atom is -0.379 e. The van der Waals surface area contributed by atoms with Gasteiger partial charge in [-0.25, -0.2) is 9.97 Å². The summed E-state index contributed by atoms with van der Waals surface area (Å²) in [5.74, 6) is 0. The van der Waals surface area contributed by atoms with E-state index in [4.69, 9.17) is 15.5 Å². The molecule has 1 saturated heterocycles. The van der Waals surface area contributed by atoms with Gasteiger partial charge in [0.1, 0.15) is 6.33 Å². The molecule has 30 heavy (non-hydrogen) atoms. The summed E-state index contributed by atoms with van der Waals surface area (Å²) in [6, 6.07) is 14.4. The molecule has 0 aliphatic carbocycles. The Morgan fingerprint density at radius 3 is 2.77 bits per heavy atom. The zero-order valence-corrected chi connectivity index (χ0v) is 16.7. The number of morpholine rings is 1. The van der Waals surface area contributed by atoms with E-state index in [-0.39, 0.29) is 6.04 Å². The van der Waals surface area contributed by atoms with Crippen LogP contribution >= 0.6 is 0 Å². The van der Waals surface area contributed by atoms with Crippen molar-refractivity contribution in [2.75, 3.05) is 26.3 Å². The molecule has 0 radical (unpaired) electrons. The van der Waals surface area contributed by atoms with Crippen LogP contribution in [0.15, 0.2) is 61.2 Å². The van der Waals surface area contributed by atoms with Gasteiger partial charge >= 0.3 is 0 Å². The molecule has 0 saturated carbocycles. The van der Waals surface area contributed by atoms with E-state index in [2.05, 4.69) is 50.2 Å². The predicted molar refractivity (Wildman–Crippen MR) is 116 cm³/mol. The summed E-state index contributed by atoms with van der Waals surface area (Å²) in [5, 5.41) is 1.14. The monoisotopic (exact) mass is 400 g/mol. The molecule has 1 aromatic carbocycles. The number of aromatic amines is 1. The van der Waals surface area contributed by atoms with E-state index < -0.39 is 0 Å². The third-order valence-corrected chi connectivity index (χ3v) is 5.65. The first kappa shape index (κ1) is 18.9. The quantitative estimate of drug-likeness (QED) is 0.535. The first-order valence-corrected chi connectivity index (χ1v) is 10.2. The summed E-state index contributed by atoms with van der Waals surface area (Å²) < 4.78 is 5.58. The molecule has 0 amide bonds. The number of pyridine rings is 1. The van der Waals surface area contributed by atoms with E-state index in [1.54, 1.807) is 12.5 Å². The van der Waals surface area contributed by atoms with Gasteiger partial charge < -0.3 is 15.5 Å². The van der Waals surface area contributed by atoms with Crippen molar-refractivity contribution in [3.63, 3.8) is 0 Å². The number of nitrogens with zero attached hydrogens (tertiary/aromatic N) is 4. The average molecular weight is 400 g/mol. The molecule has 1 atom stereocenters. The summed E-state index contributed by atoms with van der Waals surface area (Å²) in [7, 11) is 0. The molecule has 1 aliphatic rings. The van der Waals surface area contributed by atoms with Gasteiger partial charge in [0, 0.05) is 48.5 Å². The highest BCUT2D eigenvalue weighted by atomic mass is 16.5. The molecule has 4 aromatic rings. The van der Waals surface area contributed by atoms with Gasteiger partial charge in [-0.3, -0.25) is 9.88 Å². The van der Waals surface area contributed by atoms with Gasteiger partial charge in [0.25, 0.3) is 0 Å². The van der Waals surface area contributed by atoms with Gasteiger partial charge in [-0.15, -0.1) is 0 Å². The maximum atomic E-state index is 6.09. The van der Waals surface area contributed by atoms with Crippen LogP contribution in [0, 0.1) is 0 Å². The van der Waals surface area contributed by atoms with E-state index in [9.17, 15) is 0 Å². The number of benzene rings is 1. The van der Waals surface area contributed by atoms with E-state index in [1.807, 2.05) is 18.3 Å². The fourth-order valence-electron chi connectivity index (χ4n) is 4.17. The van der Waals surface area contributed by atoms with Gasteiger partial charge in [0.15, 0.2) is 0 Å². The van der Waals surface area contributed by atoms with Crippen LogP contribution < -0.4 is 5.73 Å². The van der Waals surface area contributed by atoms with Gasteiger partial charge in [-0.2, -0.15) is 0 Å². The number of nitrogens with two attached hydrogens (primary N) is 1. The molecule has 7 nitrogen and oxygen atoms in total. The van der Waals surface area contributed by atoms with Crippen LogP contribution in [0.3, 0.4) is 0 Å². The van der Waals surface area contributed by atoms with Crippen LogP contribution in [0.5, 0.6) is 0 Å². The zero-order valence-electron chi connectivity index (χ0n) is 16.7. The maximum absolute atomic E-state index is 6.09. The van der Waals surface area contributed by atoms with Crippen molar-refractivity contribution in [2.24, 2.45) is 5.73 Å². The minimum atomic E-state index is -0.0621. The predicted octanol–water partition coefficient (Wildman–Crippen LogP) is 2.90. The third-order valence-electron chi connectivity index (χ3n) is 5.65. The molecule has 3 aromatic heterocycles. The van der Waals surface area contributed by atoms with Crippen molar-refractivity contribution >= 4 is 10.9 Å². The Bertz CT molecular complexity index is 1140. The molecule has 4 heterocycles. The minimum absolute atomic E-state index is 0.0621. The summed E-state index contributed by atoms with van der Waals surface area (Å²) in [4.78, 5) is 19.5. The van der Waals surface area contributed by atoms with Crippen molar-refractivity contribution in [1.82, 2.24) is 24.8 Å². The lowest BCUT2D eigenvalue weighted by Gasteiger charge is -2.34. The number of fused-ring (bicyclic) bond motifs is 1. The molecule has 0 spiro atoms. The summed E-state index contributed by atoms with van der Waals surface area (Å²) in [6.45, 7) is 3.50. The lowest BCUT2D eigenvalue weighted by atomic mass is 9.99. The Balaban J connectivity index is 1.66. The zero-order chi connectivity index (χ0) is 20.3. The lowest BCUT2D eigenvalue weighted by molar-refractivity contribution is 0.0225. The molecular formula is C23H24N6O. The molecule has 152 valence electrons. The smallest absolute Gasteiger partial charge is 0.115 e. The number of ether oxygens (including phenoxy) is 1. The second-order valence-electron chi connectivity index (χ2n) is 7.38. The maximum Gasteiger partial charge on any atom is 0.115 e. The topological polar surface area (TPSA) is 92.9 Å².